The van der Waals surface area contributed by atoms with E-state index in [1.165, 1.54) is 16.7 Å². The maximum Gasteiger partial charge on any atom is 0.269 e. The molecule has 26 heavy (non-hydrogen) atoms. The molecule has 0 unspecified atom stereocenters. The molecule has 2 heterocycles. The fourth-order valence-electron chi connectivity index (χ4n) is 3.97. The van der Waals surface area contributed by atoms with Crippen LogP contribution in [0, 0.1) is 10.1 Å². The van der Waals surface area contributed by atoms with E-state index in [2.05, 4.69) is 18.2 Å². The zero-order chi connectivity index (χ0) is 17.9. The number of hydrogen-bond donors (Lipinski definition) is 2. The first-order valence-electron chi connectivity index (χ1n) is 9.32. The molecule has 0 amide bonds. The molecule has 2 aliphatic rings. The minimum absolute atomic E-state index is 0.165. The third-order valence-electron chi connectivity index (χ3n) is 5.47. The quantitative estimate of drug-likeness (QED) is 0.587. The van der Waals surface area contributed by atoms with Crippen molar-refractivity contribution in [3.8, 4) is 5.75 Å². The summed E-state index contributed by atoms with van der Waals surface area (Å²) < 4.78 is 5.59. The van der Waals surface area contributed by atoms with E-state index in [4.69, 9.17) is 4.74 Å². The molecule has 2 aromatic rings. The zero-order valence-corrected chi connectivity index (χ0v) is 14.9. The molecule has 0 spiro atoms. The fourth-order valence-corrected chi connectivity index (χ4v) is 3.97. The van der Waals surface area contributed by atoms with Crippen LogP contribution in [0.2, 0.25) is 0 Å². The van der Waals surface area contributed by atoms with Gasteiger partial charge < -0.3 is 14.5 Å². The number of nitrogens with zero attached hydrogens (tertiary/aromatic N) is 1. The van der Waals surface area contributed by atoms with Crippen LogP contribution in [-0.2, 0) is 19.5 Å². The van der Waals surface area contributed by atoms with Crippen LogP contribution >= 0.6 is 0 Å². The smallest absolute Gasteiger partial charge is 0.269 e. The molecule has 0 atom stereocenters. The van der Waals surface area contributed by atoms with Crippen molar-refractivity contribution in [3.63, 3.8) is 0 Å². The number of hydrogen-bond acceptors (Lipinski definition) is 3. The summed E-state index contributed by atoms with van der Waals surface area (Å²) in [4.78, 5) is 13.6. The minimum Gasteiger partial charge on any atom is -0.493 e. The fraction of sp³-hybridized carbons (Fsp3) is 0.400. The topological polar surface area (TPSA) is 61.2 Å². The Kier molecular flexibility index (Phi) is 4.86. The Morgan fingerprint density at radius 1 is 0.923 bits per heavy atom. The van der Waals surface area contributed by atoms with Crippen molar-refractivity contribution in [1.82, 2.24) is 0 Å². The van der Waals surface area contributed by atoms with E-state index in [0.29, 0.717) is 0 Å². The van der Waals surface area contributed by atoms with E-state index < -0.39 is 0 Å². The van der Waals surface area contributed by atoms with Gasteiger partial charge in [-0.05, 0) is 35.9 Å². The predicted molar refractivity (Wildman–Crippen MR) is 97.5 cm³/mol. The Labute approximate surface area is 153 Å². The van der Waals surface area contributed by atoms with Gasteiger partial charge in [-0.25, -0.2) is 0 Å². The van der Waals surface area contributed by atoms with E-state index >= 15 is 0 Å². The lowest BCUT2D eigenvalue weighted by Crippen LogP contribution is -3.27. The summed E-state index contributed by atoms with van der Waals surface area (Å²) in [7, 11) is 0. The van der Waals surface area contributed by atoms with Gasteiger partial charge in [0.1, 0.15) is 45.0 Å². The summed E-state index contributed by atoms with van der Waals surface area (Å²) >= 11 is 0. The highest BCUT2D eigenvalue weighted by molar-refractivity contribution is 5.39. The van der Waals surface area contributed by atoms with Crippen LogP contribution in [0.5, 0.6) is 5.75 Å². The zero-order valence-electron chi connectivity index (χ0n) is 14.9. The van der Waals surface area contributed by atoms with Crippen molar-refractivity contribution in [2.45, 2.75) is 19.5 Å². The highest BCUT2D eigenvalue weighted by atomic mass is 16.6. The molecule has 1 fully saturated rings. The number of nitro benzene ring substituents is 1. The van der Waals surface area contributed by atoms with E-state index in [9.17, 15) is 10.1 Å². The van der Waals surface area contributed by atoms with Gasteiger partial charge in [0.05, 0.1) is 11.5 Å². The Morgan fingerprint density at radius 2 is 1.54 bits per heavy atom. The molecule has 0 saturated carbocycles. The molecule has 6 nitrogen and oxygen atoms in total. The van der Waals surface area contributed by atoms with Crippen molar-refractivity contribution < 1.29 is 19.5 Å². The molecule has 0 aliphatic carbocycles. The first kappa shape index (κ1) is 17.0. The molecule has 136 valence electrons. The second-order valence-corrected chi connectivity index (χ2v) is 7.32. The average molecular weight is 355 g/mol. The third-order valence-corrected chi connectivity index (χ3v) is 5.47. The lowest BCUT2D eigenvalue weighted by molar-refractivity contribution is -1.02. The summed E-state index contributed by atoms with van der Waals surface area (Å²) in [6.45, 7) is 7.45. The number of quaternary nitrogens is 2. The van der Waals surface area contributed by atoms with Gasteiger partial charge in [-0.3, -0.25) is 10.1 Å². The van der Waals surface area contributed by atoms with Crippen LogP contribution in [0.4, 0.5) is 5.69 Å². The molecular weight excluding hydrogens is 330 g/mol. The number of benzene rings is 2. The van der Waals surface area contributed by atoms with E-state index in [1.54, 1.807) is 21.9 Å². The van der Waals surface area contributed by atoms with Gasteiger partial charge in [0.2, 0.25) is 0 Å². The highest BCUT2D eigenvalue weighted by Crippen LogP contribution is 2.25. The lowest BCUT2D eigenvalue weighted by atomic mass is 10.1. The Hall–Kier alpha value is -2.44. The average Bonchev–Trinajstić information content (AvgIpc) is 3.12. The number of nitro groups is 1. The second-order valence-electron chi connectivity index (χ2n) is 7.32. The van der Waals surface area contributed by atoms with Crippen LogP contribution in [0.25, 0.3) is 0 Å². The summed E-state index contributed by atoms with van der Waals surface area (Å²) in [5, 5.41) is 10.7. The summed E-state index contributed by atoms with van der Waals surface area (Å²) in [5.74, 6) is 1.06. The summed E-state index contributed by atoms with van der Waals surface area (Å²) in [5.41, 5.74) is 4.10. The number of piperazine rings is 1. The lowest BCUT2D eigenvalue weighted by Gasteiger charge is -2.29. The van der Waals surface area contributed by atoms with E-state index in [1.807, 2.05) is 12.1 Å². The van der Waals surface area contributed by atoms with Gasteiger partial charge >= 0.3 is 0 Å². The predicted octanol–water partition coefficient (Wildman–Crippen LogP) is 0.0133. The number of non-ortho nitro benzene ring substituents is 1. The monoisotopic (exact) mass is 355 g/mol. The number of nitrogens with one attached hydrogen (secondary N) is 2. The molecule has 2 aliphatic heterocycles. The van der Waals surface area contributed by atoms with Crippen molar-refractivity contribution in [1.29, 1.82) is 0 Å². The number of fused-ring (bicyclic) bond motifs is 1. The minimum atomic E-state index is -0.343. The van der Waals surface area contributed by atoms with Gasteiger partial charge in [0.15, 0.2) is 0 Å². The van der Waals surface area contributed by atoms with Crippen LogP contribution in [-0.4, -0.2) is 37.7 Å². The molecule has 0 aromatic heterocycles. The van der Waals surface area contributed by atoms with E-state index in [0.717, 1.165) is 58.0 Å². The van der Waals surface area contributed by atoms with Gasteiger partial charge in [0.25, 0.3) is 5.69 Å². The van der Waals surface area contributed by atoms with Gasteiger partial charge in [0, 0.05) is 29.7 Å². The first-order valence-corrected chi connectivity index (χ1v) is 9.32. The maximum atomic E-state index is 10.7. The van der Waals surface area contributed by atoms with E-state index in [-0.39, 0.29) is 10.6 Å². The Bertz CT molecular complexity index is 783. The van der Waals surface area contributed by atoms with Crippen LogP contribution in [0.1, 0.15) is 16.7 Å². The third kappa shape index (κ3) is 3.86. The van der Waals surface area contributed by atoms with Crippen molar-refractivity contribution in [3.05, 3.63) is 69.3 Å². The molecule has 0 bridgehead atoms. The van der Waals surface area contributed by atoms with Crippen LogP contribution in [0.15, 0.2) is 42.5 Å². The number of ether oxygens (including phenoxy) is 1. The van der Waals surface area contributed by atoms with Gasteiger partial charge in [-0.1, -0.05) is 0 Å². The summed E-state index contributed by atoms with van der Waals surface area (Å²) in [6.07, 6.45) is 1.03. The molecule has 4 rings (SSSR count). The highest BCUT2D eigenvalue weighted by Gasteiger charge is 2.24. The Balaban J connectivity index is 1.28. The van der Waals surface area contributed by atoms with Crippen LogP contribution < -0.4 is 14.5 Å². The van der Waals surface area contributed by atoms with Crippen molar-refractivity contribution in [2.24, 2.45) is 0 Å². The molecule has 0 radical (unpaired) electrons. The standard InChI is InChI=1S/C20H23N3O3/c24-23(25)19-4-1-16(2-5-19)14-21-8-10-22(11-9-21)15-17-3-6-20-18(13-17)7-12-26-20/h1-6,13H,7-12,14-15H2/p+2. The first-order chi connectivity index (χ1) is 12.7. The molecule has 1 saturated heterocycles. The summed E-state index contributed by atoms with van der Waals surface area (Å²) in [6, 6.07) is 13.6. The Morgan fingerprint density at radius 3 is 2.19 bits per heavy atom. The SMILES string of the molecule is O=[N+]([O-])c1ccc(C[NH+]2CC[NH+](Cc3ccc4c(c3)CCO4)CC2)cc1. The maximum absolute atomic E-state index is 10.7. The molecule has 2 aromatic carbocycles. The van der Waals surface area contributed by atoms with Gasteiger partial charge in [-0.15, -0.1) is 0 Å². The van der Waals surface area contributed by atoms with Crippen molar-refractivity contribution in [2.75, 3.05) is 32.8 Å². The number of rotatable bonds is 5. The molecular formula is C20H25N3O3+2. The van der Waals surface area contributed by atoms with Gasteiger partial charge in [-0.2, -0.15) is 0 Å². The largest absolute Gasteiger partial charge is 0.493 e. The van der Waals surface area contributed by atoms with Crippen molar-refractivity contribution >= 4 is 5.69 Å². The molecule has 6 heteroatoms. The molecule has 2 N–H and O–H groups in total. The normalized spacial score (nSPS) is 21.8. The second kappa shape index (κ2) is 7.43. The van der Waals surface area contributed by atoms with Crippen LogP contribution in [0.3, 0.4) is 0 Å².